The molecule has 8 N–H and O–H groups in total. The molecule has 2 rings (SSSR count). The van der Waals surface area contributed by atoms with E-state index in [-0.39, 0.29) is 11.7 Å². The van der Waals surface area contributed by atoms with Gasteiger partial charge in [-0.05, 0) is 22.9 Å². The summed E-state index contributed by atoms with van der Waals surface area (Å²) in [6, 6.07) is 11.7. The van der Waals surface area contributed by atoms with Crippen molar-refractivity contribution in [1.29, 1.82) is 0 Å². The Bertz CT molecular complexity index is 534. The molecule has 0 saturated carbocycles. The monoisotopic (exact) mass is 214 g/mol. The van der Waals surface area contributed by atoms with Crippen LogP contribution in [0, 0.1) is 0 Å². The van der Waals surface area contributed by atoms with Crippen LogP contribution in [0.4, 0.5) is 0 Å². The van der Waals surface area contributed by atoms with Crippen LogP contribution in [-0.2, 0) is 0 Å². The standard InChI is InChI=1S/C12H12N4/c13-11(14)9-5-7-3-1-2-4-8(7)6-10(9)12(15)16/h1-6H,(H3,13,14)(H3,15,16)/p+2. The van der Waals surface area contributed by atoms with Gasteiger partial charge in [0.05, 0.1) is 11.1 Å². The molecule has 0 atom stereocenters. The number of rotatable bonds is 2. The van der Waals surface area contributed by atoms with Crippen LogP contribution >= 0.6 is 0 Å². The Kier molecular flexibility index (Phi) is 2.32. The van der Waals surface area contributed by atoms with E-state index >= 15 is 0 Å². The van der Waals surface area contributed by atoms with Gasteiger partial charge in [-0.3, -0.25) is 22.3 Å². The van der Waals surface area contributed by atoms with Gasteiger partial charge in [-0.25, -0.2) is 0 Å². The fourth-order valence-electron chi connectivity index (χ4n) is 1.72. The number of hydrogen-bond donors (Lipinski definition) is 4. The molecule has 0 bridgehead atoms. The van der Waals surface area contributed by atoms with Crippen LogP contribution in [0.5, 0.6) is 0 Å². The normalized spacial score (nSPS) is 10.2. The van der Waals surface area contributed by atoms with Crippen molar-refractivity contribution in [3.8, 4) is 0 Å². The molecule has 0 aliphatic rings. The highest BCUT2D eigenvalue weighted by Crippen LogP contribution is 2.18. The summed E-state index contributed by atoms with van der Waals surface area (Å²) in [5, 5.41) is 13.3. The zero-order chi connectivity index (χ0) is 11.7. The molecule has 0 radical (unpaired) electrons. The molecule has 0 unspecified atom stereocenters. The van der Waals surface area contributed by atoms with Gasteiger partial charge in [-0.2, -0.15) is 0 Å². The summed E-state index contributed by atoms with van der Waals surface area (Å²) in [7, 11) is 0. The number of amidine groups is 2. The largest absolute Gasteiger partial charge is 0.287 e. The number of nitrogens with two attached hydrogens (primary N) is 4. The van der Waals surface area contributed by atoms with Gasteiger partial charge in [0.1, 0.15) is 0 Å². The summed E-state index contributed by atoms with van der Waals surface area (Å²) in [6.45, 7) is 0. The van der Waals surface area contributed by atoms with E-state index in [2.05, 4.69) is 0 Å². The first-order chi connectivity index (χ1) is 7.59. The fraction of sp³-hybridized carbons (Fsp3) is 0. The highest BCUT2D eigenvalue weighted by atomic mass is 14.7. The van der Waals surface area contributed by atoms with Crippen LogP contribution in [0.1, 0.15) is 11.1 Å². The van der Waals surface area contributed by atoms with Crippen LogP contribution in [0.2, 0.25) is 0 Å². The minimum Gasteiger partial charge on any atom is -0.287 e. The highest BCUT2D eigenvalue weighted by Gasteiger charge is 2.15. The Morgan fingerprint density at radius 2 is 1.19 bits per heavy atom. The van der Waals surface area contributed by atoms with Crippen molar-refractivity contribution in [2.24, 2.45) is 11.5 Å². The molecule has 4 heteroatoms. The van der Waals surface area contributed by atoms with E-state index in [0.717, 1.165) is 10.8 Å². The molecular formula is C12H14N4+2. The molecule has 0 aliphatic heterocycles. The molecule has 0 aliphatic carbocycles. The lowest BCUT2D eigenvalue weighted by molar-refractivity contribution is -0.116. The third-order valence-electron chi connectivity index (χ3n) is 2.51. The van der Waals surface area contributed by atoms with Crippen molar-refractivity contribution in [3.63, 3.8) is 0 Å². The third-order valence-corrected chi connectivity index (χ3v) is 2.51. The van der Waals surface area contributed by atoms with Crippen LogP contribution < -0.4 is 22.3 Å². The molecule has 80 valence electrons. The van der Waals surface area contributed by atoms with Gasteiger partial charge in [-0.1, -0.05) is 24.3 Å². The van der Waals surface area contributed by atoms with E-state index in [1.165, 1.54) is 0 Å². The first kappa shape index (κ1) is 10.2. The molecule has 0 spiro atoms. The summed E-state index contributed by atoms with van der Waals surface area (Å²) in [5.41, 5.74) is 12.6. The Morgan fingerprint density at radius 1 is 0.812 bits per heavy atom. The smallest absolute Gasteiger partial charge is 0.271 e. The lowest BCUT2D eigenvalue weighted by Gasteiger charge is -2.04. The maximum atomic E-state index is 5.61. The zero-order valence-electron chi connectivity index (χ0n) is 8.77. The van der Waals surface area contributed by atoms with E-state index in [9.17, 15) is 0 Å². The van der Waals surface area contributed by atoms with E-state index in [4.69, 9.17) is 22.3 Å². The van der Waals surface area contributed by atoms with Gasteiger partial charge in [0.25, 0.3) is 11.7 Å². The van der Waals surface area contributed by atoms with Gasteiger partial charge in [-0.15, -0.1) is 0 Å². The molecule has 0 aromatic heterocycles. The van der Waals surface area contributed by atoms with Crippen molar-refractivity contribution >= 4 is 22.4 Å². The van der Waals surface area contributed by atoms with Crippen molar-refractivity contribution in [3.05, 3.63) is 47.5 Å². The van der Waals surface area contributed by atoms with E-state index < -0.39 is 0 Å². The molecule has 0 heterocycles. The van der Waals surface area contributed by atoms with Crippen LogP contribution in [0.15, 0.2) is 36.4 Å². The zero-order valence-corrected chi connectivity index (χ0v) is 8.77. The van der Waals surface area contributed by atoms with Gasteiger partial charge in [0, 0.05) is 0 Å². The van der Waals surface area contributed by atoms with Crippen LogP contribution in [0.25, 0.3) is 10.8 Å². The maximum Gasteiger partial charge on any atom is 0.271 e. The van der Waals surface area contributed by atoms with Crippen molar-refractivity contribution < 1.29 is 10.8 Å². The SMILES string of the molecule is NC(=[NH2+])c1cc2ccccc2cc1C(N)=[NH2+]. The third kappa shape index (κ3) is 1.61. The number of benzene rings is 2. The minimum atomic E-state index is 0.217. The van der Waals surface area contributed by atoms with E-state index in [1.54, 1.807) is 0 Å². The molecule has 2 aromatic carbocycles. The first-order valence-electron chi connectivity index (χ1n) is 4.89. The second kappa shape index (κ2) is 3.66. The minimum absolute atomic E-state index is 0.217. The molecule has 2 aromatic rings. The topological polar surface area (TPSA) is 103 Å². The molecule has 16 heavy (non-hydrogen) atoms. The van der Waals surface area contributed by atoms with E-state index in [1.807, 2.05) is 36.4 Å². The van der Waals surface area contributed by atoms with Crippen LogP contribution in [0.3, 0.4) is 0 Å². The summed E-state index contributed by atoms with van der Waals surface area (Å²) in [6.07, 6.45) is 0. The second-order valence-corrected chi connectivity index (χ2v) is 3.66. The Hall–Kier alpha value is -2.36. The number of hydrogen-bond acceptors (Lipinski definition) is 0. The van der Waals surface area contributed by atoms with Gasteiger partial charge >= 0.3 is 0 Å². The quantitative estimate of drug-likeness (QED) is 0.336. The predicted molar refractivity (Wildman–Crippen MR) is 64.4 cm³/mol. The molecule has 0 fully saturated rings. The molecule has 0 saturated heterocycles. The molecule has 4 nitrogen and oxygen atoms in total. The molecule has 0 amide bonds. The Morgan fingerprint density at radius 3 is 1.50 bits per heavy atom. The number of fused-ring (bicyclic) bond motifs is 1. The van der Waals surface area contributed by atoms with E-state index in [0.29, 0.717) is 11.1 Å². The highest BCUT2D eigenvalue weighted by molar-refractivity contribution is 6.09. The van der Waals surface area contributed by atoms with Gasteiger partial charge in [0.15, 0.2) is 0 Å². The maximum absolute atomic E-state index is 5.61. The average Bonchev–Trinajstić information content (AvgIpc) is 2.27. The predicted octanol–water partition coefficient (Wildman–Crippen LogP) is -2.23. The summed E-state index contributed by atoms with van der Waals surface area (Å²) >= 11 is 0. The first-order valence-corrected chi connectivity index (χ1v) is 4.89. The Balaban J connectivity index is 2.81. The van der Waals surface area contributed by atoms with Gasteiger partial charge < -0.3 is 0 Å². The van der Waals surface area contributed by atoms with Crippen molar-refractivity contribution in [1.82, 2.24) is 0 Å². The summed E-state index contributed by atoms with van der Waals surface area (Å²) < 4.78 is 0. The summed E-state index contributed by atoms with van der Waals surface area (Å²) in [4.78, 5) is 0. The van der Waals surface area contributed by atoms with Crippen molar-refractivity contribution in [2.75, 3.05) is 0 Å². The average molecular weight is 214 g/mol. The lowest BCUT2D eigenvalue weighted by atomic mass is 9.99. The van der Waals surface area contributed by atoms with Gasteiger partial charge in [0.2, 0.25) is 0 Å². The second-order valence-electron chi connectivity index (χ2n) is 3.66. The lowest BCUT2D eigenvalue weighted by Crippen LogP contribution is -2.50. The Labute approximate surface area is 92.9 Å². The molecular weight excluding hydrogens is 200 g/mol. The fourth-order valence-corrected chi connectivity index (χ4v) is 1.72. The van der Waals surface area contributed by atoms with Crippen molar-refractivity contribution in [2.45, 2.75) is 0 Å². The summed E-state index contributed by atoms with van der Waals surface area (Å²) in [5.74, 6) is 0.434. The van der Waals surface area contributed by atoms with Crippen LogP contribution in [-0.4, -0.2) is 11.7 Å².